The Labute approximate surface area is 171 Å². The van der Waals surface area contributed by atoms with Crippen molar-refractivity contribution in [3.8, 4) is 16.4 Å². The van der Waals surface area contributed by atoms with Gasteiger partial charge in [0.25, 0.3) is 5.91 Å². The molecule has 1 amide bonds. The van der Waals surface area contributed by atoms with Gasteiger partial charge in [0.15, 0.2) is 5.82 Å². The van der Waals surface area contributed by atoms with Crippen molar-refractivity contribution in [2.45, 2.75) is 6.92 Å². The molecule has 0 unspecified atom stereocenters. The normalized spacial score (nSPS) is 10.8. The van der Waals surface area contributed by atoms with Gasteiger partial charge in [-0.15, -0.1) is 21.5 Å². The average molecular weight is 408 g/mol. The van der Waals surface area contributed by atoms with E-state index in [1.807, 2.05) is 48.8 Å². The summed E-state index contributed by atoms with van der Waals surface area (Å²) in [6.07, 6.45) is 1.84. The first kappa shape index (κ1) is 18.8. The number of carbonyl (C=O) groups excluding carboxylic acids is 1. The van der Waals surface area contributed by atoms with Crippen LogP contribution < -0.4 is 10.6 Å². The maximum absolute atomic E-state index is 12.4. The Morgan fingerprint density at radius 2 is 2.03 bits per heavy atom. The molecule has 0 saturated heterocycles. The average Bonchev–Trinajstić information content (AvgIpc) is 3.46. The Bertz CT molecular complexity index is 1100. The number of anilines is 1. The van der Waals surface area contributed by atoms with Crippen LogP contribution in [0.5, 0.6) is 0 Å². The van der Waals surface area contributed by atoms with E-state index < -0.39 is 0 Å². The van der Waals surface area contributed by atoms with Crippen molar-refractivity contribution in [3.05, 3.63) is 59.4 Å². The van der Waals surface area contributed by atoms with Crippen LogP contribution in [-0.4, -0.2) is 48.8 Å². The molecule has 2 N–H and O–H groups in total. The van der Waals surface area contributed by atoms with Gasteiger partial charge in [0.1, 0.15) is 17.2 Å². The molecule has 10 heteroatoms. The molecule has 0 spiro atoms. The van der Waals surface area contributed by atoms with Crippen LogP contribution in [0.25, 0.3) is 16.4 Å². The summed E-state index contributed by atoms with van der Waals surface area (Å²) in [5.41, 5.74) is 2.24. The second-order valence-electron chi connectivity index (χ2n) is 6.38. The second-order valence-corrected chi connectivity index (χ2v) is 7.32. The number of thiophene rings is 1. The van der Waals surface area contributed by atoms with Gasteiger partial charge in [0.2, 0.25) is 0 Å². The zero-order valence-corrected chi connectivity index (χ0v) is 16.8. The number of hydrogen-bond donors (Lipinski definition) is 2. The number of amides is 1. The molecule has 0 fully saturated rings. The fraction of sp³-hybridized carbons (Fsp3) is 0.211. The number of nitrogens with one attached hydrogen (secondary N) is 2. The first-order chi connectivity index (χ1) is 14.1. The molecule has 4 aromatic rings. The number of nitrogens with zero attached hydrogens (tertiary/aromatic N) is 6. The van der Waals surface area contributed by atoms with Crippen molar-refractivity contribution in [2.24, 2.45) is 7.05 Å². The topological polar surface area (TPSA) is 103 Å². The largest absolute Gasteiger partial charge is 0.367 e. The highest BCUT2D eigenvalue weighted by Gasteiger charge is 2.14. The van der Waals surface area contributed by atoms with Crippen molar-refractivity contribution >= 4 is 23.1 Å². The van der Waals surface area contributed by atoms with Crippen molar-refractivity contribution < 1.29 is 4.79 Å². The Morgan fingerprint density at radius 1 is 1.14 bits per heavy atom. The number of aryl methyl sites for hydroxylation is 2. The lowest BCUT2D eigenvalue weighted by Crippen LogP contribution is -2.30. The molecule has 0 aliphatic heterocycles. The third-order valence-corrected chi connectivity index (χ3v) is 5.10. The lowest BCUT2D eigenvalue weighted by Gasteiger charge is -2.07. The smallest absolute Gasteiger partial charge is 0.269 e. The summed E-state index contributed by atoms with van der Waals surface area (Å²) in [5, 5.41) is 25.0. The van der Waals surface area contributed by atoms with Gasteiger partial charge in [-0.25, -0.2) is 4.68 Å². The Morgan fingerprint density at radius 3 is 2.72 bits per heavy atom. The predicted octanol–water partition coefficient (Wildman–Crippen LogP) is 2.27. The quantitative estimate of drug-likeness (QED) is 0.455. The van der Waals surface area contributed by atoms with Crippen LogP contribution in [0.4, 0.5) is 5.82 Å². The summed E-state index contributed by atoms with van der Waals surface area (Å²) in [4.78, 5) is 13.5. The van der Waals surface area contributed by atoms with E-state index in [4.69, 9.17) is 0 Å². The van der Waals surface area contributed by atoms with Gasteiger partial charge < -0.3 is 10.6 Å². The SMILES string of the molecule is Cc1ccn(-c2ccc(NCCNC(=O)c3cc(-c4cccs4)nn3C)nn2)n1. The Kier molecular flexibility index (Phi) is 5.34. The first-order valence-corrected chi connectivity index (χ1v) is 9.94. The number of rotatable bonds is 7. The number of aromatic nitrogens is 6. The van der Waals surface area contributed by atoms with E-state index in [1.165, 1.54) is 0 Å². The van der Waals surface area contributed by atoms with E-state index in [1.54, 1.807) is 33.8 Å². The zero-order valence-electron chi connectivity index (χ0n) is 16.0. The first-order valence-electron chi connectivity index (χ1n) is 9.06. The Balaban J connectivity index is 1.28. The maximum Gasteiger partial charge on any atom is 0.269 e. The molecule has 4 aromatic heterocycles. The summed E-state index contributed by atoms with van der Waals surface area (Å²) in [6.45, 7) is 2.89. The van der Waals surface area contributed by atoms with Gasteiger partial charge in [-0.1, -0.05) is 6.07 Å². The van der Waals surface area contributed by atoms with Gasteiger partial charge >= 0.3 is 0 Å². The van der Waals surface area contributed by atoms with Gasteiger partial charge in [0.05, 0.1) is 10.6 Å². The molecular weight excluding hydrogens is 388 g/mol. The molecule has 0 aliphatic carbocycles. The van der Waals surface area contributed by atoms with Crippen molar-refractivity contribution in [2.75, 3.05) is 18.4 Å². The highest BCUT2D eigenvalue weighted by molar-refractivity contribution is 7.13. The van der Waals surface area contributed by atoms with E-state index in [0.717, 1.165) is 16.3 Å². The number of carbonyl (C=O) groups is 1. The highest BCUT2D eigenvalue weighted by atomic mass is 32.1. The molecule has 0 aromatic carbocycles. The second kappa shape index (κ2) is 8.23. The molecule has 0 saturated carbocycles. The fourth-order valence-corrected chi connectivity index (χ4v) is 3.45. The van der Waals surface area contributed by atoms with E-state index in [9.17, 15) is 4.79 Å². The van der Waals surface area contributed by atoms with Crippen molar-refractivity contribution in [1.29, 1.82) is 0 Å². The van der Waals surface area contributed by atoms with Crippen LogP contribution in [-0.2, 0) is 7.05 Å². The van der Waals surface area contributed by atoms with Crippen LogP contribution in [0.2, 0.25) is 0 Å². The number of hydrogen-bond acceptors (Lipinski definition) is 7. The summed E-state index contributed by atoms with van der Waals surface area (Å²) in [6, 6.07) is 11.3. The zero-order chi connectivity index (χ0) is 20.2. The van der Waals surface area contributed by atoms with Crippen LogP contribution in [0.3, 0.4) is 0 Å². The minimum Gasteiger partial charge on any atom is -0.367 e. The molecule has 4 heterocycles. The lowest BCUT2D eigenvalue weighted by molar-refractivity contribution is 0.0946. The van der Waals surface area contributed by atoms with Gasteiger partial charge in [-0.2, -0.15) is 10.2 Å². The summed E-state index contributed by atoms with van der Waals surface area (Å²) in [5.74, 6) is 1.11. The van der Waals surface area contributed by atoms with Crippen molar-refractivity contribution in [3.63, 3.8) is 0 Å². The van der Waals surface area contributed by atoms with Gasteiger partial charge in [0, 0.05) is 26.3 Å². The summed E-state index contributed by atoms with van der Waals surface area (Å²) in [7, 11) is 1.77. The molecule has 0 aliphatic rings. The molecule has 0 radical (unpaired) electrons. The molecule has 0 atom stereocenters. The predicted molar refractivity (Wildman–Crippen MR) is 111 cm³/mol. The van der Waals surface area contributed by atoms with Crippen LogP contribution in [0.1, 0.15) is 16.2 Å². The van der Waals surface area contributed by atoms with Crippen molar-refractivity contribution in [1.82, 2.24) is 35.1 Å². The lowest BCUT2D eigenvalue weighted by atomic mass is 10.3. The van der Waals surface area contributed by atoms with E-state index >= 15 is 0 Å². The standard InChI is InChI=1S/C19H20N8OS/c1-13-7-10-27(24-13)18-6-5-17(22-23-18)20-8-9-21-19(28)15-12-14(25-26(15)2)16-4-3-11-29-16/h3-7,10-12H,8-9H2,1-2H3,(H,20,22)(H,21,28). The minimum atomic E-state index is -0.167. The third kappa shape index (κ3) is 4.32. The van der Waals surface area contributed by atoms with E-state index in [-0.39, 0.29) is 5.91 Å². The molecule has 9 nitrogen and oxygen atoms in total. The van der Waals surface area contributed by atoms with Gasteiger partial charge in [-0.3, -0.25) is 9.48 Å². The molecule has 4 rings (SSSR count). The third-order valence-electron chi connectivity index (χ3n) is 4.21. The van der Waals surface area contributed by atoms with Gasteiger partial charge in [-0.05, 0) is 42.6 Å². The summed E-state index contributed by atoms with van der Waals surface area (Å²) < 4.78 is 3.27. The fourth-order valence-electron chi connectivity index (χ4n) is 2.77. The molecular formula is C19H20N8OS. The molecule has 0 bridgehead atoms. The molecule has 29 heavy (non-hydrogen) atoms. The summed E-state index contributed by atoms with van der Waals surface area (Å²) >= 11 is 1.59. The van der Waals surface area contributed by atoms with E-state index in [0.29, 0.717) is 30.4 Å². The van der Waals surface area contributed by atoms with Crippen LogP contribution in [0.15, 0.2) is 48.0 Å². The minimum absolute atomic E-state index is 0.167. The monoisotopic (exact) mass is 408 g/mol. The van der Waals surface area contributed by atoms with Crippen LogP contribution >= 0.6 is 11.3 Å². The van der Waals surface area contributed by atoms with E-state index in [2.05, 4.69) is 31.0 Å². The molecule has 148 valence electrons. The highest BCUT2D eigenvalue weighted by Crippen LogP contribution is 2.23. The van der Waals surface area contributed by atoms with Crippen LogP contribution in [0, 0.1) is 6.92 Å². The maximum atomic E-state index is 12.4. The Hall–Kier alpha value is -3.53.